The molecule has 2 saturated carbocycles. The fourth-order valence-electron chi connectivity index (χ4n) is 4.82. The van der Waals surface area contributed by atoms with Crippen molar-refractivity contribution in [3.05, 3.63) is 36.2 Å². The maximum atomic E-state index is 14.6. The average Bonchev–Trinajstić information content (AvgIpc) is 2.63. The highest BCUT2D eigenvalue weighted by atomic mass is 19.1. The lowest BCUT2D eigenvalue weighted by Gasteiger charge is -2.37. The van der Waals surface area contributed by atoms with Gasteiger partial charge in [-0.2, -0.15) is 0 Å². The molecule has 0 atom stereocenters. The Kier molecular flexibility index (Phi) is 5.47. The summed E-state index contributed by atoms with van der Waals surface area (Å²) in [7, 11) is 1.40. The molecule has 2 fully saturated rings. The van der Waals surface area contributed by atoms with Gasteiger partial charge in [0.15, 0.2) is 17.3 Å². The minimum atomic E-state index is -0.382. The number of phenolic OH excluding ortho intramolecular Hbond substituents is 1. The second-order valence-electron chi connectivity index (χ2n) is 7.54. The van der Waals surface area contributed by atoms with Crippen molar-refractivity contribution in [1.82, 2.24) is 0 Å². The highest BCUT2D eigenvalue weighted by molar-refractivity contribution is 5.44. The number of phenols is 1. The number of benzene rings is 1. The largest absolute Gasteiger partial charge is 0.504 e. The maximum absolute atomic E-state index is 14.6. The first-order valence-corrected chi connectivity index (χ1v) is 9.32. The van der Waals surface area contributed by atoms with Crippen LogP contribution < -0.4 is 4.74 Å². The molecule has 132 valence electrons. The Morgan fingerprint density at radius 3 is 2.17 bits per heavy atom. The molecule has 2 aliphatic carbocycles. The minimum Gasteiger partial charge on any atom is -0.504 e. The van der Waals surface area contributed by atoms with Crippen LogP contribution in [0, 0.1) is 23.6 Å². The fraction of sp³-hybridized carbons (Fsp3) is 0.619. The van der Waals surface area contributed by atoms with Gasteiger partial charge in [-0.1, -0.05) is 12.1 Å². The number of ether oxygens (including phenoxy) is 1. The highest BCUT2D eigenvalue weighted by Crippen LogP contribution is 2.45. The average molecular weight is 332 g/mol. The Morgan fingerprint density at radius 2 is 1.62 bits per heavy atom. The fourth-order valence-corrected chi connectivity index (χ4v) is 4.82. The molecule has 0 heterocycles. The first-order valence-electron chi connectivity index (χ1n) is 9.32. The van der Waals surface area contributed by atoms with Crippen molar-refractivity contribution in [2.75, 3.05) is 7.11 Å². The van der Waals surface area contributed by atoms with Gasteiger partial charge in [-0.05, 0) is 86.7 Å². The van der Waals surface area contributed by atoms with Gasteiger partial charge in [-0.15, -0.1) is 6.58 Å². The van der Waals surface area contributed by atoms with Gasteiger partial charge >= 0.3 is 0 Å². The van der Waals surface area contributed by atoms with E-state index in [1.807, 2.05) is 0 Å². The van der Waals surface area contributed by atoms with Crippen molar-refractivity contribution >= 4 is 0 Å². The number of allylic oxidation sites excluding steroid dienone is 1. The van der Waals surface area contributed by atoms with E-state index >= 15 is 0 Å². The first-order chi connectivity index (χ1) is 11.6. The van der Waals surface area contributed by atoms with Gasteiger partial charge < -0.3 is 9.84 Å². The summed E-state index contributed by atoms with van der Waals surface area (Å²) in [5, 5.41) is 9.70. The van der Waals surface area contributed by atoms with Crippen LogP contribution in [0.15, 0.2) is 24.8 Å². The van der Waals surface area contributed by atoms with E-state index in [0.717, 1.165) is 30.6 Å². The lowest BCUT2D eigenvalue weighted by Crippen LogP contribution is -2.25. The highest BCUT2D eigenvalue weighted by Gasteiger charge is 2.32. The maximum Gasteiger partial charge on any atom is 0.196 e. The lowest BCUT2D eigenvalue weighted by atomic mass is 9.68. The van der Waals surface area contributed by atoms with Gasteiger partial charge in [0.1, 0.15) is 0 Å². The predicted molar refractivity (Wildman–Crippen MR) is 95.0 cm³/mol. The van der Waals surface area contributed by atoms with Gasteiger partial charge in [0.2, 0.25) is 0 Å². The van der Waals surface area contributed by atoms with E-state index in [1.54, 1.807) is 12.1 Å². The molecule has 0 aliphatic heterocycles. The third-order valence-electron chi connectivity index (χ3n) is 6.34. The summed E-state index contributed by atoms with van der Waals surface area (Å²) in [6, 6.07) is 3.29. The summed E-state index contributed by atoms with van der Waals surface area (Å²) >= 11 is 0. The smallest absolute Gasteiger partial charge is 0.196 e. The molecule has 2 aliphatic rings. The SMILES string of the molecule is C=C[C@H]1CC[C@H]([C@H]2CC[C@H](c3ccc(O)c(OC)c3F)CC2)CC1. The van der Waals surface area contributed by atoms with Crippen molar-refractivity contribution in [3.63, 3.8) is 0 Å². The van der Waals surface area contributed by atoms with Crippen LogP contribution in [0.25, 0.3) is 0 Å². The van der Waals surface area contributed by atoms with Crippen LogP contribution in [0.4, 0.5) is 4.39 Å². The number of methoxy groups -OCH3 is 1. The molecule has 1 aromatic rings. The minimum absolute atomic E-state index is 0.0163. The Labute approximate surface area is 144 Å². The Balaban J connectivity index is 1.60. The molecule has 3 rings (SSSR count). The molecule has 3 heteroatoms. The topological polar surface area (TPSA) is 29.5 Å². The predicted octanol–water partition coefficient (Wildman–Crippen LogP) is 5.81. The summed E-state index contributed by atoms with van der Waals surface area (Å²) in [4.78, 5) is 0. The zero-order chi connectivity index (χ0) is 17.1. The zero-order valence-corrected chi connectivity index (χ0v) is 14.6. The molecule has 2 nitrogen and oxygen atoms in total. The number of hydrogen-bond acceptors (Lipinski definition) is 2. The van der Waals surface area contributed by atoms with Gasteiger partial charge in [0.05, 0.1) is 7.11 Å². The molecule has 24 heavy (non-hydrogen) atoms. The van der Waals surface area contributed by atoms with Crippen molar-refractivity contribution in [3.8, 4) is 11.5 Å². The molecule has 0 radical (unpaired) electrons. The molecular formula is C21H29FO2. The number of aromatic hydroxyl groups is 1. The van der Waals surface area contributed by atoms with E-state index in [0.29, 0.717) is 5.56 Å². The molecule has 0 spiro atoms. The van der Waals surface area contributed by atoms with Gasteiger partial charge in [0.25, 0.3) is 0 Å². The monoisotopic (exact) mass is 332 g/mol. The van der Waals surface area contributed by atoms with Crippen molar-refractivity contribution in [2.24, 2.45) is 17.8 Å². The van der Waals surface area contributed by atoms with E-state index in [1.165, 1.54) is 45.6 Å². The quantitative estimate of drug-likeness (QED) is 0.705. The van der Waals surface area contributed by atoms with E-state index < -0.39 is 0 Å². The van der Waals surface area contributed by atoms with Crippen LogP contribution >= 0.6 is 0 Å². The summed E-state index contributed by atoms with van der Waals surface area (Å²) in [6.45, 7) is 3.93. The Morgan fingerprint density at radius 1 is 1.04 bits per heavy atom. The normalized spacial score (nSPS) is 30.8. The van der Waals surface area contributed by atoms with Crippen LogP contribution in [-0.2, 0) is 0 Å². The third kappa shape index (κ3) is 3.45. The summed E-state index contributed by atoms with van der Waals surface area (Å²) in [5.41, 5.74) is 0.707. The van der Waals surface area contributed by atoms with Crippen LogP contribution in [-0.4, -0.2) is 12.2 Å². The molecule has 0 unspecified atom stereocenters. The van der Waals surface area contributed by atoms with E-state index in [2.05, 4.69) is 12.7 Å². The van der Waals surface area contributed by atoms with Gasteiger partial charge in [-0.3, -0.25) is 0 Å². The number of rotatable bonds is 4. The zero-order valence-electron chi connectivity index (χ0n) is 14.6. The van der Waals surface area contributed by atoms with Crippen LogP contribution in [0.5, 0.6) is 11.5 Å². The molecule has 0 saturated heterocycles. The second kappa shape index (κ2) is 7.58. The Hall–Kier alpha value is -1.51. The van der Waals surface area contributed by atoms with E-state index in [9.17, 15) is 9.50 Å². The third-order valence-corrected chi connectivity index (χ3v) is 6.34. The molecule has 0 amide bonds. The summed E-state index contributed by atoms with van der Waals surface area (Å²) < 4.78 is 19.6. The van der Waals surface area contributed by atoms with Crippen LogP contribution in [0.2, 0.25) is 0 Å². The van der Waals surface area contributed by atoms with Crippen molar-refractivity contribution in [1.29, 1.82) is 0 Å². The van der Waals surface area contributed by atoms with Gasteiger partial charge in [0, 0.05) is 0 Å². The van der Waals surface area contributed by atoms with E-state index in [4.69, 9.17) is 4.74 Å². The Bertz CT molecular complexity index is 567. The summed E-state index contributed by atoms with van der Waals surface area (Å²) in [6.07, 6.45) is 11.8. The number of halogens is 1. The molecule has 0 aromatic heterocycles. The van der Waals surface area contributed by atoms with Gasteiger partial charge in [-0.25, -0.2) is 4.39 Å². The molecular weight excluding hydrogens is 303 g/mol. The second-order valence-corrected chi connectivity index (χ2v) is 7.54. The van der Waals surface area contributed by atoms with Crippen molar-refractivity contribution < 1.29 is 14.2 Å². The number of hydrogen-bond donors (Lipinski definition) is 1. The first kappa shape index (κ1) is 17.3. The van der Waals surface area contributed by atoms with Crippen LogP contribution in [0.3, 0.4) is 0 Å². The standard InChI is InChI=1S/C21H29FO2/c1-3-14-4-6-15(7-5-14)16-8-10-17(11-9-16)18-12-13-19(23)21(24-2)20(18)22/h3,12-17,23H,1,4-11H2,2H3/t14-,15-,16-,17-. The van der Waals surface area contributed by atoms with E-state index in [-0.39, 0.29) is 23.2 Å². The van der Waals surface area contributed by atoms with Crippen LogP contribution in [0.1, 0.15) is 62.8 Å². The lowest BCUT2D eigenvalue weighted by molar-refractivity contribution is 0.170. The molecule has 0 bridgehead atoms. The van der Waals surface area contributed by atoms with Crippen molar-refractivity contribution in [2.45, 2.75) is 57.3 Å². The molecule has 1 aromatic carbocycles. The summed E-state index contributed by atoms with van der Waals surface area (Å²) in [5.74, 6) is 2.10. The molecule has 1 N–H and O–H groups in total.